The van der Waals surface area contributed by atoms with Crippen LogP contribution in [0, 0.1) is 0 Å². The summed E-state index contributed by atoms with van der Waals surface area (Å²) >= 11 is 1.63. The third-order valence-electron chi connectivity index (χ3n) is 2.15. The van der Waals surface area contributed by atoms with Gasteiger partial charge < -0.3 is 10.1 Å². The predicted molar refractivity (Wildman–Crippen MR) is 68.3 cm³/mol. The van der Waals surface area contributed by atoms with Gasteiger partial charge in [-0.25, -0.2) is 4.98 Å². The summed E-state index contributed by atoms with van der Waals surface area (Å²) in [6.45, 7) is 2.67. The molecule has 0 amide bonds. The van der Waals surface area contributed by atoms with Crippen molar-refractivity contribution in [3.05, 3.63) is 30.5 Å². The first-order valence-electron chi connectivity index (χ1n) is 5.20. The number of nitrogens with one attached hydrogen (secondary N) is 1. The molecule has 0 atom stereocenters. The van der Waals surface area contributed by atoms with E-state index in [0.717, 1.165) is 21.3 Å². The molecule has 0 saturated heterocycles. The molecule has 0 aliphatic rings. The predicted octanol–water partition coefficient (Wildman–Crippen LogP) is 3.25. The number of aromatic nitrogens is 1. The third kappa shape index (κ3) is 2.33. The van der Waals surface area contributed by atoms with Gasteiger partial charge in [0.05, 0.1) is 11.5 Å². The van der Waals surface area contributed by atoms with Gasteiger partial charge >= 0.3 is 0 Å². The maximum Gasteiger partial charge on any atom is 0.182 e. The Morgan fingerprint density at radius 2 is 2.31 bits per heavy atom. The van der Waals surface area contributed by atoms with Crippen molar-refractivity contribution in [3.8, 4) is 16.2 Å². The molecule has 16 heavy (non-hydrogen) atoms. The van der Waals surface area contributed by atoms with Gasteiger partial charge in [0.1, 0.15) is 5.75 Å². The topological polar surface area (TPSA) is 34.1 Å². The van der Waals surface area contributed by atoms with Crippen LogP contribution in [0.2, 0.25) is 0 Å². The van der Waals surface area contributed by atoms with Crippen LogP contribution in [-0.4, -0.2) is 18.6 Å². The fourth-order valence-electron chi connectivity index (χ4n) is 1.43. The molecule has 84 valence electrons. The fourth-order valence-corrected chi connectivity index (χ4v) is 2.19. The quantitative estimate of drug-likeness (QED) is 0.881. The zero-order chi connectivity index (χ0) is 11.4. The summed E-state index contributed by atoms with van der Waals surface area (Å²) in [5, 5.41) is 3.96. The number of benzene rings is 1. The molecule has 4 heteroatoms. The van der Waals surface area contributed by atoms with E-state index in [9.17, 15) is 0 Å². The van der Waals surface area contributed by atoms with Gasteiger partial charge in [-0.1, -0.05) is 23.5 Å². The van der Waals surface area contributed by atoms with E-state index in [1.54, 1.807) is 11.3 Å². The smallest absolute Gasteiger partial charge is 0.182 e. The molecule has 0 fully saturated rings. The van der Waals surface area contributed by atoms with Crippen LogP contribution in [0.15, 0.2) is 30.5 Å². The Morgan fingerprint density at radius 3 is 3.00 bits per heavy atom. The van der Waals surface area contributed by atoms with Gasteiger partial charge in [-0.2, -0.15) is 0 Å². The molecule has 1 aromatic carbocycles. The third-order valence-corrected chi connectivity index (χ3v) is 3.21. The lowest BCUT2D eigenvalue weighted by Gasteiger charge is -2.03. The monoisotopic (exact) mass is 234 g/mol. The Kier molecular flexibility index (Phi) is 3.41. The first kappa shape index (κ1) is 11.0. The van der Waals surface area contributed by atoms with Crippen molar-refractivity contribution in [3.63, 3.8) is 0 Å². The Balaban J connectivity index is 2.28. The van der Waals surface area contributed by atoms with Gasteiger partial charge in [0.15, 0.2) is 5.13 Å². The standard InChI is InChI=1S/C12H14N2OS/c1-3-15-10-6-4-5-9(7-10)11-8-14-12(13-2)16-11/h4-8H,3H2,1-2H3,(H,13,14). The second-order valence-corrected chi connectivity index (χ2v) is 4.27. The largest absolute Gasteiger partial charge is 0.494 e. The van der Waals surface area contributed by atoms with Crippen molar-refractivity contribution in [1.29, 1.82) is 0 Å². The minimum atomic E-state index is 0.688. The molecular formula is C12H14N2OS. The highest BCUT2D eigenvalue weighted by molar-refractivity contribution is 7.18. The first-order chi connectivity index (χ1) is 7.83. The van der Waals surface area contributed by atoms with Crippen LogP contribution in [0.4, 0.5) is 5.13 Å². The van der Waals surface area contributed by atoms with Crippen LogP contribution in [0.5, 0.6) is 5.75 Å². The minimum Gasteiger partial charge on any atom is -0.494 e. The summed E-state index contributed by atoms with van der Waals surface area (Å²) < 4.78 is 5.47. The summed E-state index contributed by atoms with van der Waals surface area (Å²) in [6, 6.07) is 8.07. The molecule has 1 N–H and O–H groups in total. The molecule has 0 spiro atoms. The number of anilines is 1. The summed E-state index contributed by atoms with van der Waals surface area (Å²) in [7, 11) is 1.87. The Bertz CT molecular complexity index is 468. The Morgan fingerprint density at radius 1 is 1.44 bits per heavy atom. The molecule has 2 rings (SSSR count). The second kappa shape index (κ2) is 4.99. The van der Waals surface area contributed by atoms with Gasteiger partial charge in [0.2, 0.25) is 0 Å². The second-order valence-electron chi connectivity index (χ2n) is 3.24. The molecule has 0 aliphatic heterocycles. The number of hydrogen-bond acceptors (Lipinski definition) is 4. The number of thiazole rings is 1. The molecule has 0 saturated carbocycles. The minimum absolute atomic E-state index is 0.688. The van der Waals surface area contributed by atoms with E-state index in [0.29, 0.717) is 6.61 Å². The van der Waals surface area contributed by atoms with Gasteiger partial charge in [-0.15, -0.1) is 0 Å². The van der Waals surface area contributed by atoms with Gasteiger partial charge in [0, 0.05) is 13.2 Å². The van der Waals surface area contributed by atoms with E-state index < -0.39 is 0 Å². The normalized spacial score (nSPS) is 10.1. The molecule has 0 radical (unpaired) electrons. The average molecular weight is 234 g/mol. The fraction of sp³-hybridized carbons (Fsp3) is 0.250. The Labute approximate surface area is 99.1 Å². The van der Waals surface area contributed by atoms with Crippen molar-refractivity contribution in [1.82, 2.24) is 4.98 Å². The van der Waals surface area contributed by atoms with Crippen LogP contribution >= 0.6 is 11.3 Å². The van der Waals surface area contributed by atoms with Crippen LogP contribution in [0.1, 0.15) is 6.92 Å². The molecule has 1 heterocycles. The Hall–Kier alpha value is -1.55. The average Bonchev–Trinajstić information content (AvgIpc) is 2.78. The SMILES string of the molecule is CCOc1cccc(-c2cnc(NC)s2)c1. The summed E-state index contributed by atoms with van der Waals surface area (Å²) in [5.41, 5.74) is 1.14. The van der Waals surface area contributed by atoms with Gasteiger partial charge in [-0.3, -0.25) is 0 Å². The van der Waals surface area contributed by atoms with Crippen molar-refractivity contribution >= 4 is 16.5 Å². The molecule has 1 aromatic heterocycles. The van der Waals surface area contributed by atoms with E-state index in [2.05, 4.69) is 16.4 Å². The summed E-state index contributed by atoms with van der Waals surface area (Å²) in [5.74, 6) is 0.902. The first-order valence-corrected chi connectivity index (χ1v) is 6.02. The highest BCUT2D eigenvalue weighted by Crippen LogP contribution is 2.30. The zero-order valence-electron chi connectivity index (χ0n) is 9.36. The molecule has 0 unspecified atom stereocenters. The maximum atomic E-state index is 5.47. The lowest BCUT2D eigenvalue weighted by molar-refractivity contribution is 0.340. The molecule has 3 nitrogen and oxygen atoms in total. The number of ether oxygens (including phenoxy) is 1. The van der Waals surface area contributed by atoms with Gasteiger partial charge in [0.25, 0.3) is 0 Å². The molecule has 0 aliphatic carbocycles. The van der Waals surface area contributed by atoms with Crippen molar-refractivity contribution in [2.24, 2.45) is 0 Å². The number of nitrogens with zero attached hydrogens (tertiary/aromatic N) is 1. The van der Waals surface area contributed by atoms with Crippen LogP contribution in [0.3, 0.4) is 0 Å². The summed E-state index contributed by atoms with van der Waals surface area (Å²) in [4.78, 5) is 5.40. The summed E-state index contributed by atoms with van der Waals surface area (Å²) in [6.07, 6.45) is 1.88. The van der Waals surface area contributed by atoms with Crippen LogP contribution in [0.25, 0.3) is 10.4 Å². The molecular weight excluding hydrogens is 220 g/mol. The van der Waals surface area contributed by atoms with Crippen molar-refractivity contribution in [2.45, 2.75) is 6.92 Å². The van der Waals surface area contributed by atoms with Crippen molar-refractivity contribution in [2.75, 3.05) is 19.0 Å². The van der Waals surface area contributed by atoms with Crippen LogP contribution < -0.4 is 10.1 Å². The van der Waals surface area contributed by atoms with E-state index in [1.165, 1.54) is 0 Å². The van der Waals surface area contributed by atoms with E-state index in [-0.39, 0.29) is 0 Å². The lowest BCUT2D eigenvalue weighted by atomic mass is 10.2. The van der Waals surface area contributed by atoms with Crippen LogP contribution in [-0.2, 0) is 0 Å². The van der Waals surface area contributed by atoms with E-state index in [1.807, 2.05) is 38.4 Å². The van der Waals surface area contributed by atoms with E-state index >= 15 is 0 Å². The van der Waals surface area contributed by atoms with Gasteiger partial charge in [-0.05, 0) is 24.6 Å². The lowest BCUT2D eigenvalue weighted by Crippen LogP contribution is -1.90. The molecule has 2 aromatic rings. The number of rotatable bonds is 4. The molecule has 0 bridgehead atoms. The zero-order valence-corrected chi connectivity index (χ0v) is 10.2. The maximum absolute atomic E-state index is 5.47. The van der Waals surface area contributed by atoms with Crippen molar-refractivity contribution < 1.29 is 4.74 Å². The van der Waals surface area contributed by atoms with E-state index in [4.69, 9.17) is 4.74 Å². The highest BCUT2D eigenvalue weighted by Gasteiger charge is 2.04. The highest BCUT2D eigenvalue weighted by atomic mass is 32.1. The number of hydrogen-bond donors (Lipinski definition) is 1.